The molecule has 2 rings (SSSR count). The Bertz CT molecular complexity index is 200. The molecule has 2 aliphatic carbocycles. The van der Waals surface area contributed by atoms with Gasteiger partial charge in [0.05, 0.1) is 0 Å². The SMILES string of the molecule is CC(C)C1CCCCC1NCC1CC1C. The standard InChI is InChI=1S/C14H27N/c1-10(2)13-6-4-5-7-14(13)15-9-12-8-11(12)3/h10-15H,4-9H2,1-3H3. The second-order valence-corrected chi connectivity index (χ2v) is 6.18. The molecule has 0 radical (unpaired) electrons. The molecule has 88 valence electrons. The molecule has 0 aromatic rings. The van der Waals surface area contributed by atoms with E-state index in [0.717, 1.165) is 29.7 Å². The van der Waals surface area contributed by atoms with Gasteiger partial charge in [0.25, 0.3) is 0 Å². The predicted molar refractivity (Wildman–Crippen MR) is 65.9 cm³/mol. The first-order chi connectivity index (χ1) is 7.18. The van der Waals surface area contributed by atoms with Gasteiger partial charge in [-0.25, -0.2) is 0 Å². The highest BCUT2D eigenvalue weighted by molar-refractivity contribution is 4.88. The van der Waals surface area contributed by atoms with Crippen molar-refractivity contribution in [3.63, 3.8) is 0 Å². The largest absolute Gasteiger partial charge is 0.313 e. The van der Waals surface area contributed by atoms with Gasteiger partial charge in [0.2, 0.25) is 0 Å². The van der Waals surface area contributed by atoms with Crippen molar-refractivity contribution in [3.05, 3.63) is 0 Å². The Balaban J connectivity index is 1.77. The second kappa shape index (κ2) is 4.86. The number of nitrogens with one attached hydrogen (secondary N) is 1. The van der Waals surface area contributed by atoms with E-state index in [-0.39, 0.29) is 0 Å². The Morgan fingerprint density at radius 2 is 1.87 bits per heavy atom. The van der Waals surface area contributed by atoms with Crippen LogP contribution in [0.1, 0.15) is 52.9 Å². The van der Waals surface area contributed by atoms with E-state index in [9.17, 15) is 0 Å². The minimum Gasteiger partial charge on any atom is -0.313 e. The number of rotatable bonds is 4. The molecular weight excluding hydrogens is 182 g/mol. The number of hydrogen-bond acceptors (Lipinski definition) is 1. The quantitative estimate of drug-likeness (QED) is 0.748. The van der Waals surface area contributed by atoms with Crippen LogP contribution in [0.15, 0.2) is 0 Å². The Kier molecular flexibility index (Phi) is 3.71. The van der Waals surface area contributed by atoms with E-state index in [1.807, 2.05) is 0 Å². The van der Waals surface area contributed by atoms with Crippen molar-refractivity contribution in [1.29, 1.82) is 0 Å². The molecule has 1 N–H and O–H groups in total. The summed E-state index contributed by atoms with van der Waals surface area (Å²) in [4.78, 5) is 0. The van der Waals surface area contributed by atoms with Crippen molar-refractivity contribution in [1.82, 2.24) is 5.32 Å². The van der Waals surface area contributed by atoms with Gasteiger partial charge in [-0.15, -0.1) is 0 Å². The van der Waals surface area contributed by atoms with Crippen LogP contribution in [-0.2, 0) is 0 Å². The summed E-state index contributed by atoms with van der Waals surface area (Å²) in [5, 5.41) is 3.85. The van der Waals surface area contributed by atoms with E-state index in [4.69, 9.17) is 0 Å². The second-order valence-electron chi connectivity index (χ2n) is 6.18. The lowest BCUT2D eigenvalue weighted by Crippen LogP contribution is -2.41. The molecule has 1 heteroatoms. The molecule has 0 spiro atoms. The predicted octanol–water partition coefficient (Wildman–Crippen LogP) is 3.45. The Morgan fingerprint density at radius 1 is 1.20 bits per heavy atom. The topological polar surface area (TPSA) is 12.0 Å². The van der Waals surface area contributed by atoms with Crippen LogP contribution >= 0.6 is 0 Å². The molecular formula is C14H27N. The van der Waals surface area contributed by atoms with Crippen molar-refractivity contribution in [2.24, 2.45) is 23.7 Å². The first-order valence-electron chi connectivity index (χ1n) is 6.92. The molecule has 4 atom stereocenters. The molecule has 2 fully saturated rings. The zero-order valence-corrected chi connectivity index (χ0v) is 10.6. The average Bonchev–Trinajstić information content (AvgIpc) is 2.92. The lowest BCUT2D eigenvalue weighted by molar-refractivity contribution is 0.204. The molecule has 0 aliphatic heterocycles. The van der Waals surface area contributed by atoms with Gasteiger partial charge in [0, 0.05) is 6.04 Å². The Labute approximate surface area is 95.0 Å². The maximum Gasteiger partial charge on any atom is 0.00978 e. The van der Waals surface area contributed by atoms with E-state index < -0.39 is 0 Å². The van der Waals surface area contributed by atoms with Crippen molar-refractivity contribution >= 4 is 0 Å². The zero-order valence-electron chi connectivity index (χ0n) is 10.6. The fraction of sp³-hybridized carbons (Fsp3) is 1.00. The molecule has 4 unspecified atom stereocenters. The van der Waals surface area contributed by atoms with Crippen LogP contribution in [0.3, 0.4) is 0 Å². The third-order valence-electron chi connectivity index (χ3n) is 4.59. The summed E-state index contributed by atoms with van der Waals surface area (Å²) in [6.07, 6.45) is 7.24. The van der Waals surface area contributed by atoms with E-state index >= 15 is 0 Å². The van der Waals surface area contributed by atoms with Crippen LogP contribution < -0.4 is 5.32 Å². The van der Waals surface area contributed by atoms with Crippen LogP contribution in [0, 0.1) is 23.7 Å². The summed E-state index contributed by atoms with van der Waals surface area (Å²) < 4.78 is 0. The number of hydrogen-bond donors (Lipinski definition) is 1. The third kappa shape index (κ3) is 2.96. The summed E-state index contributed by atoms with van der Waals surface area (Å²) in [6, 6.07) is 0.826. The molecule has 15 heavy (non-hydrogen) atoms. The fourth-order valence-corrected chi connectivity index (χ4v) is 3.20. The van der Waals surface area contributed by atoms with Gasteiger partial charge in [-0.3, -0.25) is 0 Å². The highest BCUT2D eigenvalue weighted by Gasteiger charge is 2.34. The van der Waals surface area contributed by atoms with Gasteiger partial charge in [0.1, 0.15) is 0 Å². The third-order valence-corrected chi connectivity index (χ3v) is 4.59. The molecule has 0 heterocycles. The van der Waals surface area contributed by atoms with Gasteiger partial charge < -0.3 is 5.32 Å². The van der Waals surface area contributed by atoms with Crippen LogP contribution in [0.5, 0.6) is 0 Å². The minimum atomic E-state index is 0.826. The summed E-state index contributed by atoms with van der Waals surface area (Å²) in [5.41, 5.74) is 0. The molecule has 1 nitrogen and oxygen atoms in total. The highest BCUT2D eigenvalue weighted by atomic mass is 14.9. The first kappa shape index (κ1) is 11.4. The molecule has 0 saturated heterocycles. The summed E-state index contributed by atoms with van der Waals surface area (Å²) in [7, 11) is 0. The van der Waals surface area contributed by atoms with E-state index in [1.54, 1.807) is 0 Å². The van der Waals surface area contributed by atoms with Crippen LogP contribution in [0.4, 0.5) is 0 Å². The van der Waals surface area contributed by atoms with Gasteiger partial charge in [-0.05, 0) is 49.5 Å². The van der Waals surface area contributed by atoms with Crippen molar-refractivity contribution in [3.8, 4) is 0 Å². The van der Waals surface area contributed by atoms with Crippen molar-refractivity contribution in [2.75, 3.05) is 6.54 Å². The molecule has 0 aromatic heterocycles. The van der Waals surface area contributed by atoms with Crippen LogP contribution in [-0.4, -0.2) is 12.6 Å². The first-order valence-corrected chi connectivity index (χ1v) is 6.92. The molecule has 0 bridgehead atoms. The van der Waals surface area contributed by atoms with Crippen LogP contribution in [0.2, 0.25) is 0 Å². The van der Waals surface area contributed by atoms with Gasteiger partial charge in [0.15, 0.2) is 0 Å². The fourth-order valence-electron chi connectivity index (χ4n) is 3.20. The normalized spacial score (nSPS) is 40.8. The summed E-state index contributed by atoms with van der Waals surface area (Å²) in [6.45, 7) is 8.46. The summed E-state index contributed by atoms with van der Waals surface area (Å²) in [5.74, 6) is 3.80. The maximum atomic E-state index is 3.85. The lowest BCUT2D eigenvalue weighted by Gasteiger charge is -2.35. The molecule has 0 amide bonds. The van der Waals surface area contributed by atoms with E-state index in [2.05, 4.69) is 26.1 Å². The lowest BCUT2D eigenvalue weighted by atomic mass is 9.78. The minimum absolute atomic E-state index is 0.826. The Morgan fingerprint density at radius 3 is 2.47 bits per heavy atom. The van der Waals surface area contributed by atoms with Crippen LogP contribution in [0.25, 0.3) is 0 Å². The van der Waals surface area contributed by atoms with Gasteiger partial charge >= 0.3 is 0 Å². The van der Waals surface area contributed by atoms with Gasteiger partial charge in [-0.1, -0.05) is 33.6 Å². The Hall–Kier alpha value is -0.0400. The maximum absolute atomic E-state index is 3.85. The smallest absolute Gasteiger partial charge is 0.00978 e. The zero-order chi connectivity index (χ0) is 10.8. The monoisotopic (exact) mass is 209 g/mol. The van der Waals surface area contributed by atoms with Gasteiger partial charge in [-0.2, -0.15) is 0 Å². The van der Waals surface area contributed by atoms with Crippen molar-refractivity contribution < 1.29 is 0 Å². The molecule has 2 saturated carbocycles. The highest BCUT2D eigenvalue weighted by Crippen LogP contribution is 2.38. The average molecular weight is 209 g/mol. The van der Waals surface area contributed by atoms with Crippen molar-refractivity contribution in [2.45, 2.75) is 58.9 Å². The van der Waals surface area contributed by atoms with E-state index in [0.29, 0.717) is 0 Å². The van der Waals surface area contributed by atoms with E-state index in [1.165, 1.54) is 38.6 Å². The molecule has 2 aliphatic rings. The molecule has 0 aromatic carbocycles. The summed E-state index contributed by atoms with van der Waals surface area (Å²) >= 11 is 0.